The smallest absolute Gasteiger partial charge is 0.0843 e. The van der Waals surface area contributed by atoms with Gasteiger partial charge in [-0.05, 0) is 6.92 Å². The first-order valence-electron chi connectivity index (χ1n) is 3.03. The third kappa shape index (κ3) is 2.50. The topological polar surface area (TPSA) is 24.1 Å². The van der Waals surface area contributed by atoms with Crippen LogP contribution in [0.4, 0.5) is 0 Å². The van der Waals surface area contributed by atoms with E-state index in [1.165, 1.54) is 5.70 Å². The average molecular weight is 114 g/mol. The Labute approximate surface area is 51.0 Å². The van der Waals surface area contributed by atoms with Crippen LogP contribution in [0.5, 0.6) is 0 Å². The summed E-state index contributed by atoms with van der Waals surface area (Å²) in [6, 6.07) is 0. The van der Waals surface area contributed by atoms with Gasteiger partial charge in [-0.25, -0.2) is 0 Å². The number of nitrogens with one attached hydrogen (secondary N) is 2. The number of hydrogen-bond acceptors (Lipinski definition) is 2. The summed E-state index contributed by atoms with van der Waals surface area (Å²) in [7, 11) is 0. The van der Waals surface area contributed by atoms with Crippen LogP contribution in [0.2, 0.25) is 0 Å². The minimum atomic E-state index is 0.895. The monoisotopic (exact) mass is 114 g/mol. The summed E-state index contributed by atoms with van der Waals surface area (Å²) in [5.41, 5.74) is 1.22. The van der Waals surface area contributed by atoms with Crippen molar-refractivity contribution in [2.75, 3.05) is 6.67 Å². The molecular formula is C6H14N2. The van der Waals surface area contributed by atoms with Crippen molar-refractivity contribution in [3.63, 3.8) is 0 Å². The van der Waals surface area contributed by atoms with E-state index >= 15 is 0 Å². The highest BCUT2D eigenvalue weighted by molar-refractivity contribution is 4.98. The Balaban J connectivity index is 0.000000222. The molecule has 0 atom stereocenters. The molecule has 8 heavy (non-hydrogen) atoms. The van der Waals surface area contributed by atoms with Gasteiger partial charge in [-0.2, -0.15) is 0 Å². The van der Waals surface area contributed by atoms with Gasteiger partial charge < -0.3 is 10.6 Å². The predicted octanol–water partition coefficient (Wildman–Crippen LogP) is 1.02. The summed E-state index contributed by atoms with van der Waals surface area (Å²) < 4.78 is 0. The normalized spacial score (nSPS) is 14.6. The van der Waals surface area contributed by atoms with Crippen molar-refractivity contribution in [2.45, 2.75) is 20.8 Å². The summed E-state index contributed by atoms with van der Waals surface area (Å²) in [5, 5.41) is 6.07. The molecule has 0 saturated carbocycles. The zero-order valence-corrected chi connectivity index (χ0v) is 5.78. The summed E-state index contributed by atoms with van der Waals surface area (Å²) in [6.07, 6.45) is 1.96. The molecule has 2 N–H and O–H groups in total. The first-order chi connectivity index (χ1) is 3.89. The minimum Gasteiger partial charge on any atom is -0.372 e. The molecule has 2 nitrogen and oxygen atoms in total. The molecule has 48 valence electrons. The first-order valence-corrected chi connectivity index (χ1v) is 3.03. The van der Waals surface area contributed by atoms with Crippen LogP contribution in [0, 0.1) is 0 Å². The maximum absolute atomic E-state index is 3.07. The van der Waals surface area contributed by atoms with Crippen LogP contribution < -0.4 is 10.6 Å². The van der Waals surface area contributed by atoms with Crippen LogP contribution in [0.25, 0.3) is 0 Å². The molecular weight excluding hydrogens is 100 g/mol. The Morgan fingerprint density at radius 2 is 2.12 bits per heavy atom. The Hall–Kier alpha value is -0.660. The van der Waals surface area contributed by atoms with Crippen molar-refractivity contribution in [2.24, 2.45) is 0 Å². The predicted molar refractivity (Wildman–Crippen MR) is 36.2 cm³/mol. The van der Waals surface area contributed by atoms with Crippen molar-refractivity contribution in [3.05, 3.63) is 11.9 Å². The lowest BCUT2D eigenvalue weighted by Crippen LogP contribution is -2.12. The van der Waals surface area contributed by atoms with Crippen molar-refractivity contribution in [3.8, 4) is 0 Å². The van der Waals surface area contributed by atoms with E-state index in [4.69, 9.17) is 0 Å². The highest BCUT2D eigenvalue weighted by atomic mass is 15.1. The van der Waals surface area contributed by atoms with E-state index in [1.54, 1.807) is 0 Å². The van der Waals surface area contributed by atoms with E-state index in [9.17, 15) is 0 Å². The van der Waals surface area contributed by atoms with Gasteiger partial charge in [-0.1, -0.05) is 13.8 Å². The molecule has 1 rings (SSSR count). The van der Waals surface area contributed by atoms with Crippen molar-refractivity contribution < 1.29 is 0 Å². The van der Waals surface area contributed by atoms with Gasteiger partial charge in [-0.3, -0.25) is 0 Å². The summed E-state index contributed by atoms with van der Waals surface area (Å²) in [4.78, 5) is 0. The Bertz CT molecular complexity index is 76.6. The lowest BCUT2D eigenvalue weighted by molar-refractivity contribution is 0.813. The second-order valence-electron chi connectivity index (χ2n) is 1.39. The second kappa shape index (κ2) is 4.50. The van der Waals surface area contributed by atoms with Gasteiger partial charge in [0.15, 0.2) is 0 Å². The fourth-order valence-electron chi connectivity index (χ4n) is 0.446. The molecule has 0 radical (unpaired) electrons. The molecule has 0 fully saturated rings. The number of rotatable bonds is 0. The third-order valence-corrected chi connectivity index (χ3v) is 0.788. The molecule has 0 aromatic carbocycles. The van der Waals surface area contributed by atoms with E-state index in [-0.39, 0.29) is 0 Å². The molecule has 0 saturated heterocycles. The lowest BCUT2D eigenvalue weighted by Gasteiger charge is -1.88. The molecule has 0 aliphatic carbocycles. The van der Waals surface area contributed by atoms with E-state index in [2.05, 4.69) is 10.6 Å². The number of hydrogen-bond donors (Lipinski definition) is 2. The second-order valence-corrected chi connectivity index (χ2v) is 1.39. The largest absolute Gasteiger partial charge is 0.372 e. The van der Waals surface area contributed by atoms with Crippen LogP contribution in [0.3, 0.4) is 0 Å². The van der Waals surface area contributed by atoms with Gasteiger partial charge in [0.25, 0.3) is 0 Å². The zero-order chi connectivity index (χ0) is 6.41. The number of allylic oxidation sites excluding steroid dienone is 1. The lowest BCUT2D eigenvalue weighted by atomic mass is 10.6. The summed E-state index contributed by atoms with van der Waals surface area (Å²) in [6.45, 7) is 6.92. The average Bonchev–Trinajstić information content (AvgIpc) is 2.24. The van der Waals surface area contributed by atoms with E-state index < -0.39 is 0 Å². The molecule has 0 aromatic heterocycles. The van der Waals surface area contributed by atoms with E-state index in [0.29, 0.717) is 0 Å². The first kappa shape index (κ1) is 7.34. The molecule has 2 heteroatoms. The summed E-state index contributed by atoms with van der Waals surface area (Å²) >= 11 is 0. The molecule has 0 aromatic rings. The summed E-state index contributed by atoms with van der Waals surface area (Å²) in [5.74, 6) is 0. The molecule has 1 aliphatic rings. The highest BCUT2D eigenvalue weighted by Crippen LogP contribution is 1.85. The molecule has 0 spiro atoms. The van der Waals surface area contributed by atoms with Gasteiger partial charge >= 0.3 is 0 Å². The van der Waals surface area contributed by atoms with Crippen molar-refractivity contribution in [1.29, 1.82) is 0 Å². The van der Waals surface area contributed by atoms with Gasteiger partial charge in [0.1, 0.15) is 0 Å². The third-order valence-electron chi connectivity index (χ3n) is 0.788. The van der Waals surface area contributed by atoms with Crippen molar-refractivity contribution in [1.82, 2.24) is 10.6 Å². The Kier molecular flexibility index (Phi) is 4.13. The Morgan fingerprint density at radius 3 is 2.25 bits per heavy atom. The van der Waals surface area contributed by atoms with E-state index in [1.807, 2.05) is 27.0 Å². The van der Waals surface area contributed by atoms with Gasteiger partial charge in [0, 0.05) is 11.9 Å². The maximum Gasteiger partial charge on any atom is 0.0843 e. The van der Waals surface area contributed by atoms with Gasteiger partial charge in [-0.15, -0.1) is 0 Å². The molecule has 0 amide bonds. The Morgan fingerprint density at radius 1 is 1.50 bits per heavy atom. The quantitative estimate of drug-likeness (QED) is 0.491. The highest BCUT2D eigenvalue weighted by Gasteiger charge is 1.89. The van der Waals surface area contributed by atoms with Gasteiger partial charge in [0.2, 0.25) is 0 Å². The molecule has 1 aliphatic heterocycles. The maximum atomic E-state index is 3.07. The fraction of sp³-hybridized carbons (Fsp3) is 0.667. The van der Waals surface area contributed by atoms with Crippen LogP contribution in [0.1, 0.15) is 20.8 Å². The van der Waals surface area contributed by atoms with Crippen LogP contribution in [-0.2, 0) is 0 Å². The fourth-order valence-corrected chi connectivity index (χ4v) is 0.446. The zero-order valence-electron chi connectivity index (χ0n) is 5.78. The van der Waals surface area contributed by atoms with E-state index in [0.717, 1.165) is 6.67 Å². The SMILES string of the molecule is CC.CC1=CNCN1. The molecule has 0 bridgehead atoms. The van der Waals surface area contributed by atoms with Gasteiger partial charge in [0.05, 0.1) is 6.67 Å². The van der Waals surface area contributed by atoms with Crippen molar-refractivity contribution >= 4 is 0 Å². The van der Waals surface area contributed by atoms with Crippen LogP contribution >= 0.6 is 0 Å². The molecule has 0 unspecified atom stereocenters. The van der Waals surface area contributed by atoms with Crippen LogP contribution in [0.15, 0.2) is 11.9 Å². The van der Waals surface area contributed by atoms with Crippen LogP contribution in [-0.4, -0.2) is 6.67 Å². The standard InChI is InChI=1S/C4H8N2.C2H6/c1-4-2-5-3-6-4;1-2/h2,5-6H,3H2,1H3;1-2H3. The molecule has 1 heterocycles. The minimum absolute atomic E-state index is 0.895.